The lowest BCUT2D eigenvalue weighted by atomic mass is 10.1. The Hall–Kier alpha value is -3.39. The highest BCUT2D eigenvalue weighted by Gasteiger charge is 2.06. The van der Waals surface area contributed by atoms with Gasteiger partial charge in [0.2, 0.25) is 0 Å². The van der Waals surface area contributed by atoms with Gasteiger partial charge in [-0.3, -0.25) is 4.79 Å². The summed E-state index contributed by atoms with van der Waals surface area (Å²) in [6.07, 6.45) is 1.33. The van der Waals surface area contributed by atoms with Crippen molar-refractivity contribution in [3.05, 3.63) is 75.7 Å². The van der Waals surface area contributed by atoms with Gasteiger partial charge in [-0.15, -0.1) is 0 Å². The molecule has 22 heavy (non-hydrogen) atoms. The van der Waals surface area contributed by atoms with Gasteiger partial charge >= 0.3 is 0 Å². The van der Waals surface area contributed by atoms with Gasteiger partial charge in [-0.2, -0.15) is 5.26 Å². The van der Waals surface area contributed by atoms with E-state index in [0.29, 0.717) is 22.2 Å². The first-order chi connectivity index (χ1) is 10.7. The van der Waals surface area contributed by atoms with Crippen LogP contribution in [0.4, 0.5) is 0 Å². The second-order valence-corrected chi connectivity index (χ2v) is 4.69. The molecule has 0 spiro atoms. The predicted octanol–water partition coefficient (Wildman–Crippen LogP) is 2.85. The topological polar surface area (TPSA) is 89.8 Å². The molecular weight excluding hydrogens is 278 g/mol. The van der Waals surface area contributed by atoms with Crippen LogP contribution in [0.1, 0.15) is 16.8 Å². The number of benzene rings is 2. The number of nitriles is 1. The lowest BCUT2D eigenvalue weighted by Gasteiger charge is -2.02. The molecule has 0 bridgehead atoms. The number of aromatic amines is 1. The van der Waals surface area contributed by atoms with Crippen molar-refractivity contribution in [2.24, 2.45) is 0 Å². The minimum atomic E-state index is -0.426. The van der Waals surface area contributed by atoms with Crippen molar-refractivity contribution < 1.29 is 5.11 Å². The number of nitrogens with zero attached hydrogens (tertiary/aromatic N) is 2. The van der Waals surface area contributed by atoms with Gasteiger partial charge in [0.15, 0.2) is 0 Å². The third kappa shape index (κ3) is 2.58. The van der Waals surface area contributed by atoms with E-state index in [1.807, 2.05) is 12.1 Å². The summed E-state index contributed by atoms with van der Waals surface area (Å²) in [6, 6.07) is 15.7. The maximum atomic E-state index is 12.0. The highest BCUT2D eigenvalue weighted by molar-refractivity contribution is 5.80. The molecule has 2 aromatic carbocycles. The number of rotatable bonds is 2. The summed E-state index contributed by atoms with van der Waals surface area (Å²) in [5, 5.41) is 18.9. The Morgan fingerprint density at radius 2 is 2.00 bits per heavy atom. The summed E-state index contributed by atoms with van der Waals surface area (Å²) < 4.78 is 0. The molecule has 0 saturated carbocycles. The predicted molar refractivity (Wildman–Crippen MR) is 84.0 cm³/mol. The second kappa shape index (κ2) is 5.54. The van der Waals surface area contributed by atoms with E-state index in [0.717, 1.165) is 0 Å². The van der Waals surface area contributed by atoms with E-state index in [2.05, 4.69) is 9.97 Å². The molecule has 0 unspecified atom stereocenters. The van der Waals surface area contributed by atoms with Crippen LogP contribution in [0.15, 0.2) is 53.3 Å². The Bertz CT molecular complexity index is 967. The fraction of sp³-hybridized carbons (Fsp3) is 0. The lowest BCUT2D eigenvalue weighted by Crippen LogP contribution is -2.12. The molecule has 0 aliphatic heterocycles. The van der Waals surface area contributed by atoms with Gasteiger partial charge < -0.3 is 10.1 Å². The number of H-pyrrole nitrogens is 1. The lowest BCUT2D eigenvalue weighted by molar-refractivity contribution is 0.515. The summed E-state index contributed by atoms with van der Waals surface area (Å²) in [5.41, 5.74) is 1.76. The van der Waals surface area contributed by atoms with E-state index >= 15 is 0 Å². The van der Waals surface area contributed by atoms with Crippen LogP contribution < -0.4 is 5.56 Å². The minimum Gasteiger partial charge on any atom is -0.507 e. The number of aliphatic hydroxyl groups is 1. The second-order valence-electron chi connectivity index (χ2n) is 4.69. The van der Waals surface area contributed by atoms with Crippen molar-refractivity contribution in [2.45, 2.75) is 0 Å². The van der Waals surface area contributed by atoms with Crippen molar-refractivity contribution in [2.75, 3.05) is 0 Å². The molecule has 0 saturated heterocycles. The molecule has 0 aliphatic rings. The number of nitrogens with one attached hydrogen (secondary N) is 1. The van der Waals surface area contributed by atoms with Crippen LogP contribution in [0.3, 0.4) is 0 Å². The molecule has 106 valence electrons. The summed E-state index contributed by atoms with van der Waals surface area (Å²) in [4.78, 5) is 18.9. The van der Waals surface area contributed by atoms with Crippen LogP contribution >= 0.6 is 0 Å². The summed E-state index contributed by atoms with van der Waals surface area (Å²) in [6.45, 7) is 0. The molecule has 0 amide bonds. The molecular formula is C17H11N3O2. The van der Waals surface area contributed by atoms with Crippen molar-refractivity contribution >= 4 is 22.9 Å². The van der Waals surface area contributed by atoms with E-state index in [4.69, 9.17) is 5.26 Å². The van der Waals surface area contributed by atoms with Crippen LogP contribution in [0.2, 0.25) is 0 Å². The molecule has 1 heterocycles. The quantitative estimate of drug-likeness (QED) is 0.710. The van der Waals surface area contributed by atoms with E-state index < -0.39 is 5.56 Å². The largest absolute Gasteiger partial charge is 0.507 e. The van der Waals surface area contributed by atoms with Gasteiger partial charge in [-0.25, -0.2) is 4.98 Å². The van der Waals surface area contributed by atoms with Crippen molar-refractivity contribution in [1.29, 1.82) is 5.26 Å². The zero-order valence-corrected chi connectivity index (χ0v) is 11.4. The normalized spacial score (nSPS) is 11.3. The monoisotopic (exact) mass is 289 g/mol. The molecule has 0 fully saturated rings. The van der Waals surface area contributed by atoms with E-state index in [1.165, 1.54) is 6.08 Å². The van der Waals surface area contributed by atoms with Gasteiger partial charge in [0.05, 0.1) is 22.7 Å². The van der Waals surface area contributed by atoms with Crippen molar-refractivity contribution in [3.63, 3.8) is 0 Å². The van der Waals surface area contributed by atoms with Crippen LogP contribution in [-0.4, -0.2) is 15.1 Å². The number of aliphatic hydroxyl groups excluding tert-OH is 1. The van der Waals surface area contributed by atoms with Crippen LogP contribution in [0, 0.1) is 11.3 Å². The molecule has 3 aromatic rings. The van der Waals surface area contributed by atoms with Gasteiger partial charge in [-0.05, 0) is 18.2 Å². The van der Waals surface area contributed by atoms with E-state index in [9.17, 15) is 9.90 Å². The number of hydrogen-bond donors (Lipinski definition) is 2. The average Bonchev–Trinajstić information content (AvgIpc) is 2.56. The highest BCUT2D eigenvalue weighted by atomic mass is 16.3. The Morgan fingerprint density at radius 1 is 1.23 bits per heavy atom. The summed E-state index contributed by atoms with van der Waals surface area (Å²) in [7, 11) is 0. The molecule has 0 radical (unpaired) electrons. The molecule has 2 N–H and O–H groups in total. The first kappa shape index (κ1) is 13.6. The fourth-order valence-electron chi connectivity index (χ4n) is 2.09. The van der Waals surface area contributed by atoms with Gasteiger partial charge in [0.1, 0.15) is 11.5 Å². The summed E-state index contributed by atoms with van der Waals surface area (Å²) in [5.74, 6) is -0.0356. The third-order valence-corrected chi connectivity index (χ3v) is 3.19. The zero-order chi connectivity index (χ0) is 15.5. The highest BCUT2D eigenvalue weighted by Crippen LogP contribution is 2.14. The maximum absolute atomic E-state index is 12.0. The number of aromatic nitrogens is 2. The Balaban J connectivity index is 2.10. The van der Waals surface area contributed by atoms with Crippen LogP contribution in [-0.2, 0) is 0 Å². The molecule has 5 heteroatoms. The van der Waals surface area contributed by atoms with Gasteiger partial charge in [0.25, 0.3) is 5.56 Å². The van der Waals surface area contributed by atoms with Crippen LogP contribution in [0.25, 0.3) is 22.9 Å². The Morgan fingerprint density at radius 3 is 2.73 bits per heavy atom. The first-order valence-electron chi connectivity index (χ1n) is 6.57. The third-order valence-electron chi connectivity index (χ3n) is 3.19. The molecule has 0 aliphatic carbocycles. The van der Waals surface area contributed by atoms with Crippen molar-refractivity contribution in [1.82, 2.24) is 9.97 Å². The molecule has 1 aromatic heterocycles. The van der Waals surface area contributed by atoms with E-state index in [1.54, 1.807) is 42.5 Å². The SMILES string of the molecule is N#Cc1ccc2nc(/C=C(/O)c3ccccc3)c(=O)[nH]c2c1. The Labute approximate surface area is 125 Å². The zero-order valence-electron chi connectivity index (χ0n) is 11.4. The van der Waals surface area contributed by atoms with Gasteiger partial charge in [-0.1, -0.05) is 30.3 Å². The maximum Gasteiger partial charge on any atom is 0.274 e. The summed E-state index contributed by atoms with van der Waals surface area (Å²) >= 11 is 0. The molecule has 0 atom stereocenters. The van der Waals surface area contributed by atoms with Crippen molar-refractivity contribution in [3.8, 4) is 6.07 Å². The van der Waals surface area contributed by atoms with Crippen LogP contribution in [0.5, 0.6) is 0 Å². The molecule has 3 rings (SSSR count). The minimum absolute atomic E-state index is 0.0356. The Kier molecular flexibility index (Phi) is 3.42. The average molecular weight is 289 g/mol. The standard InChI is InChI=1S/C17H11N3O2/c18-10-11-6-7-13-14(8-11)20-17(22)15(19-13)9-16(21)12-4-2-1-3-5-12/h1-9,21H,(H,20,22)/b16-9+. The van der Waals surface area contributed by atoms with Gasteiger partial charge in [0, 0.05) is 11.6 Å². The first-order valence-corrected chi connectivity index (χ1v) is 6.57. The fourth-order valence-corrected chi connectivity index (χ4v) is 2.09. The number of fused-ring (bicyclic) bond motifs is 1. The number of hydrogen-bond acceptors (Lipinski definition) is 4. The molecule has 5 nitrogen and oxygen atoms in total. The van der Waals surface area contributed by atoms with E-state index in [-0.39, 0.29) is 11.5 Å². The smallest absolute Gasteiger partial charge is 0.274 e.